The molecule has 4 fully saturated rings. The first-order valence-electron chi connectivity index (χ1n) is 25.2. The van der Waals surface area contributed by atoms with E-state index in [2.05, 4.69) is 49.9 Å². The highest BCUT2D eigenvalue weighted by atomic mass is 35.5. The Hall–Kier alpha value is -4.70. The maximum absolute atomic E-state index is 13.0. The van der Waals surface area contributed by atoms with Gasteiger partial charge in [0.05, 0.1) is 48.3 Å². The number of benzene rings is 4. The average molecular weight is 1060 g/mol. The van der Waals surface area contributed by atoms with Gasteiger partial charge in [0, 0.05) is 58.5 Å². The van der Waals surface area contributed by atoms with Gasteiger partial charge in [0.25, 0.3) is 0 Å². The minimum absolute atomic E-state index is 0. The van der Waals surface area contributed by atoms with Crippen LogP contribution < -0.4 is 44.8 Å². The van der Waals surface area contributed by atoms with Crippen LogP contribution in [0.15, 0.2) is 78.0 Å². The smallest absolute Gasteiger partial charge is 0.319 e. The Morgan fingerprint density at radius 2 is 0.986 bits per heavy atom. The Morgan fingerprint density at radius 3 is 1.40 bits per heavy atom. The molecule has 4 aromatic rings. The molecule has 0 spiro atoms. The maximum atomic E-state index is 13.0. The second-order valence-corrected chi connectivity index (χ2v) is 20.0. The number of nitrogens with one attached hydrogen (secondary N) is 2. The summed E-state index contributed by atoms with van der Waals surface area (Å²) in [5.41, 5.74) is 9.94. The van der Waals surface area contributed by atoms with Crippen LogP contribution in [0.1, 0.15) is 88.2 Å². The van der Waals surface area contributed by atoms with E-state index < -0.39 is 0 Å². The number of hydrogen-bond donors (Lipinski definition) is 3. The quantitative estimate of drug-likeness (QED) is 0.0973. The number of halogens is 3. The SMILES string of the molecule is COc1cc(N=O)cc(OC)c1OC.COc1cc(NC(=O)N[C@@H]2CCCC[C@@H]2N2CCC(Cc3ccc(Cl)cc3)CC2)cc(OC)c1OC.Cl.N[C@@H]1CCCC[C@@H]1N1CCC(Cc2ccc(Cl)cc2)CC1. The van der Waals surface area contributed by atoms with E-state index in [0.29, 0.717) is 64.2 Å². The molecule has 14 nitrogen and oxygen atoms in total. The number of nitrogens with zero attached hydrogens (tertiary/aromatic N) is 3. The second-order valence-electron chi connectivity index (χ2n) is 19.1. The summed E-state index contributed by atoms with van der Waals surface area (Å²) in [6, 6.07) is 24.4. The summed E-state index contributed by atoms with van der Waals surface area (Å²) in [7, 11) is 9.13. The summed E-state index contributed by atoms with van der Waals surface area (Å²) in [6.45, 7) is 4.62. The molecule has 2 aliphatic heterocycles. The van der Waals surface area contributed by atoms with Crippen molar-refractivity contribution < 1.29 is 33.2 Å². The van der Waals surface area contributed by atoms with Crippen molar-refractivity contribution in [1.82, 2.24) is 15.1 Å². The topological polar surface area (TPSA) is 158 Å². The van der Waals surface area contributed by atoms with E-state index >= 15 is 0 Å². The third kappa shape index (κ3) is 16.7. The van der Waals surface area contributed by atoms with Crippen LogP contribution in [-0.2, 0) is 12.8 Å². The molecule has 2 aliphatic carbocycles. The number of ether oxygens (including phenoxy) is 6. The molecule has 8 rings (SSSR count). The lowest BCUT2D eigenvalue weighted by Crippen LogP contribution is -2.55. The molecule has 2 heterocycles. The van der Waals surface area contributed by atoms with Crippen molar-refractivity contribution >= 4 is 53.0 Å². The molecule has 17 heteroatoms. The first-order valence-corrected chi connectivity index (χ1v) is 26.0. The Balaban J connectivity index is 0.000000225. The largest absolute Gasteiger partial charge is 0.493 e. The Morgan fingerprint density at radius 1 is 0.583 bits per heavy atom. The van der Waals surface area contributed by atoms with Gasteiger partial charge in [0.2, 0.25) is 11.5 Å². The minimum atomic E-state index is -0.209. The lowest BCUT2D eigenvalue weighted by molar-refractivity contribution is 0.0859. The molecule has 4 N–H and O–H groups in total. The van der Waals surface area contributed by atoms with E-state index in [1.165, 1.54) is 122 Å². The van der Waals surface area contributed by atoms with Crippen LogP contribution in [0.2, 0.25) is 10.0 Å². The van der Waals surface area contributed by atoms with E-state index in [0.717, 1.165) is 54.7 Å². The number of piperidine rings is 2. The Kier molecular flexibility index (Phi) is 24.1. The number of nitroso groups, excluding NO2 is 1. The normalized spacial score (nSPS) is 20.7. The highest BCUT2D eigenvalue weighted by Crippen LogP contribution is 2.42. The summed E-state index contributed by atoms with van der Waals surface area (Å²) in [5.74, 6) is 4.30. The Labute approximate surface area is 443 Å². The van der Waals surface area contributed by atoms with Crippen LogP contribution in [0.4, 0.5) is 16.2 Å². The van der Waals surface area contributed by atoms with Gasteiger partial charge < -0.3 is 44.8 Å². The number of nitrogens with two attached hydrogens (primary N) is 1. The standard InChI is InChI=1S/C28H38ClN3O4.C18H27ClN2.C9H11NO4.ClH/c1-34-25-17-22(18-26(35-2)27(25)36-3)30-28(33)31-23-6-4-5-7-24(23)32-14-12-20(13-15-32)16-19-8-10-21(29)11-9-19;19-16-7-5-14(6-8-16)13-15-9-11-21(12-10-15)18-4-2-1-3-17(18)20;1-12-7-4-6(10-11)5-8(13-2)9(7)14-3;/h8-11,17-18,20,23-24H,4-7,12-16H2,1-3H3,(H2,30,31,33);5-8,15,17-18H,1-4,9-13,20H2;4-5H,1-3H3;1H/t23-,24+;17-,18+;;/m11../s1. The summed E-state index contributed by atoms with van der Waals surface area (Å²) >= 11 is 12.0. The van der Waals surface area contributed by atoms with Gasteiger partial charge in [0.15, 0.2) is 23.0 Å². The van der Waals surface area contributed by atoms with Crippen LogP contribution in [0.25, 0.3) is 0 Å². The molecule has 0 bridgehead atoms. The third-order valence-corrected chi connectivity index (χ3v) is 15.1. The molecule has 0 unspecified atom stereocenters. The van der Waals surface area contributed by atoms with E-state index in [1.807, 2.05) is 24.3 Å². The fourth-order valence-corrected chi connectivity index (χ4v) is 11.1. The van der Waals surface area contributed by atoms with Crippen molar-refractivity contribution in [3.8, 4) is 34.5 Å². The van der Waals surface area contributed by atoms with Crippen LogP contribution >= 0.6 is 35.6 Å². The van der Waals surface area contributed by atoms with E-state index in [9.17, 15) is 9.70 Å². The van der Waals surface area contributed by atoms with Gasteiger partial charge in [-0.2, -0.15) is 0 Å². The zero-order chi connectivity index (χ0) is 50.7. The maximum Gasteiger partial charge on any atom is 0.319 e. The van der Waals surface area contributed by atoms with Gasteiger partial charge in [0.1, 0.15) is 5.69 Å². The summed E-state index contributed by atoms with van der Waals surface area (Å²) in [4.78, 5) is 28.6. The summed E-state index contributed by atoms with van der Waals surface area (Å²) in [5, 5.41) is 10.6. The van der Waals surface area contributed by atoms with Crippen molar-refractivity contribution in [2.75, 3.05) is 74.2 Å². The van der Waals surface area contributed by atoms with E-state index in [1.54, 1.807) is 33.5 Å². The zero-order valence-corrected chi connectivity index (χ0v) is 45.3. The van der Waals surface area contributed by atoms with E-state index in [4.69, 9.17) is 57.4 Å². The fraction of sp³-hybridized carbons (Fsp3) is 0.545. The van der Waals surface area contributed by atoms with Crippen molar-refractivity contribution in [2.24, 2.45) is 22.7 Å². The van der Waals surface area contributed by atoms with Gasteiger partial charge in [-0.3, -0.25) is 9.80 Å². The number of carbonyl (C=O) groups is 1. The van der Waals surface area contributed by atoms with Gasteiger partial charge in [-0.25, -0.2) is 4.79 Å². The van der Waals surface area contributed by atoms with Crippen LogP contribution in [-0.4, -0.2) is 109 Å². The van der Waals surface area contributed by atoms with Crippen LogP contribution in [0.3, 0.4) is 0 Å². The zero-order valence-electron chi connectivity index (χ0n) is 43.0. The predicted octanol–water partition coefficient (Wildman–Crippen LogP) is 12.1. The molecule has 4 aromatic carbocycles. The van der Waals surface area contributed by atoms with Gasteiger partial charge in [-0.15, -0.1) is 17.3 Å². The first-order chi connectivity index (χ1) is 34.5. The van der Waals surface area contributed by atoms with Gasteiger partial charge >= 0.3 is 6.03 Å². The van der Waals surface area contributed by atoms with Gasteiger partial charge in [-0.05, 0) is 143 Å². The second kappa shape index (κ2) is 29.9. The number of rotatable bonds is 15. The summed E-state index contributed by atoms with van der Waals surface area (Å²) in [6.07, 6.45) is 17.0. The molecule has 0 radical (unpaired) electrons. The van der Waals surface area contributed by atoms with Crippen molar-refractivity contribution in [2.45, 2.75) is 114 Å². The molecule has 2 saturated carbocycles. The van der Waals surface area contributed by atoms with Crippen LogP contribution in [0, 0.1) is 16.7 Å². The molecule has 72 heavy (non-hydrogen) atoms. The first kappa shape index (κ1) is 58.2. The number of methoxy groups -OCH3 is 6. The number of urea groups is 1. The lowest BCUT2D eigenvalue weighted by Gasteiger charge is -2.43. The predicted molar refractivity (Wildman–Crippen MR) is 292 cm³/mol. The molecule has 2 saturated heterocycles. The lowest BCUT2D eigenvalue weighted by atomic mass is 9.85. The minimum Gasteiger partial charge on any atom is -0.493 e. The van der Waals surface area contributed by atoms with Gasteiger partial charge in [-0.1, -0.05) is 73.2 Å². The molecular formula is C55H77Cl3N6O8. The van der Waals surface area contributed by atoms with Crippen molar-refractivity contribution in [3.63, 3.8) is 0 Å². The number of hydrogen-bond acceptors (Lipinski definition) is 12. The molecule has 0 aromatic heterocycles. The molecule has 4 aliphatic rings. The van der Waals surface area contributed by atoms with E-state index in [-0.39, 0.29) is 30.2 Å². The highest BCUT2D eigenvalue weighted by molar-refractivity contribution is 6.30. The van der Waals surface area contributed by atoms with Crippen molar-refractivity contribution in [3.05, 3.63) is 98.9 Å². The van der Waals surface area contributed by atoms with Crippen molar-refractivity contribution in [1.29, 1.82) is 0 Å². The molecular weight excluding hydrogens is 979 g/mol. The molecule has 2 amide bonds. The number of likely N-dealkylation sites (tertiary alicyclic amines) is 2. The monoisotopic (exact) mass is 1050 g/mol. The third-order valence-electron chi connectivity index (χ3n) is 14.6. The highest BCUT2D eigenvalue weighted by Gasteiger charge is 2.34. The number of anilines is 1. The fourth-order valence-electron chi connectivity index (χ4n) is 10.8. The molecule has 396 valence electrons. The number of amides is 2. The molecule has 4 atom stereocenters. The number of carbonyl (C=O) groups excluding carboxylic acids is 1. The summed E-state index contributed by atoms with van der Waals surface area (Å²) < 4.78 is 31.3. The average Bonchev–Trinajstić information content (AvgIpc) is 3.40. The Bertz CT molecular complexity index is 2210. The van der Waals surface area contributed by atoms with Crippen LogP contribution in [0.5, 0.6) is 34.5 Å².